The number of rotatable bonds is 6. The Bertz CT molecular complexity index is 560. The molecule has 2 rings (SSSR count). The van der Waals surface area contributed by atoms with Crippen LogP contribution in [0.2, 0.25) is 0 Å². The first kappa shape index (κ1) is 18.2. The van der Waals surface area contributed by atoms with E-state index in [9.17, 15) is 4.79 Å². The third-order valence-corrected chi connectivity index (χ3v) is 3.63. The molecule has 1 amide bonds. The number of benzene rings is 2. The van der Waals surface area contributed by atoms with Gasteiger partial charge in [-0.1, -0.05) is 60.7 Å². The molecule has 0 aromatic heterocycles. The van der Waals surface area contributed by atoms with Gasteiger partial charge in [0, 0.05) is 26.1 Å². The van der Waals surface area contributed by atoms with E-state index in [0.717, 1.165) is 12.0 Å². The molecule has 4 heteroatoms. The van der Waals surface area contributed by atoms with Crippen LogP contribution in [-0.4, -0.2) is 24.4 Å². The predicted molar refractivity (Wildman–Crippen MR) is 93.0 cm³/mol. The summed E-state index contributed by atoms with van der Waals surface area (Å²) < 4.78 is 0. The summed E-state index contributed by atoms with van der Waals surface area (Å²) in [7, 11) is 1.84. The fourth-order valence-corrected chi connectivity index (χ4v) is 2.23. The summed E-state index contributed by atoms with van der Waals surface area (Å²) >= 11 is 0. The molecule has 0 aliphatic carbocycles. The Morgan fingerprint density at radius 3 is 2.18 bits per heavy atom. The van der Waals surface area contributed by atoms with Gasteiger partial charge in [-0.25, -0.2) is 0 Å². The highest BCUT2D eigenvalue weighted by atomic mass is 35.5. The molecular formula is C18H23ClN2O. The van der Waals surface area contributed by atoms with Crippen molar-refractivity contribution < 1.29 is 4.79 Å². The van der Waals surface area contributed by atoms with Crippen molar-refractivity contribution in [3.63, 3.8) is 0 Å². The van der Waals surface area contributed by atoms with Crippen LogP contribution in [0, 0.1) is 0 Å². The van der Waals surface area contributed by atoms with E-state index >= 15 is 0 Å². The summed E-state index contributed by atoms with van der Waals surface area (Å²) in [6, 6.07) is 19.7. The maximum Gasteiger partial charge on any atom is 0.224 e. The third kappa shape index (κ3) is 5.51. The number of carbonyl (C=O) groups is 1. The van der Waals surface area contributed by atoms with Crippen LogP contribution in [0.4, 0.5) is 0 Å². The first-order chi connectivity index (χ1) is 10.2. The van der Waals surface area contributed by atoms with Crippen LogP contribution in [0.1, 0.15) is 23.6 Å². The van der Waals surface area contributed by atoms with Gasteiger partial charge in [-0.2, -0.15) is 0 Å². The molecule has 118 valence electrons. The minimum absolute atomic E-state index is 0. The first-order valence-electron chi connectivity index (χ1n) is 7.25. The second kappa shape index (κ2) is 9.23. The Labute approximate surface area is 138 Å². The summed E-state index contributed by atoms with van der Waals surface area (Å²) in [4.78, 5) is 14.0. The highest BCUT2D eigenvalue weighted by molar-refractivity contribution is 5.85. The molecule has 0 aliphatic heterocycles. The molecule has 2 aromatic rings. The average Bonchev–Trinajstić information content (AvgIpc) is 2.54. The number of amides is 1. The zero-order valence-electron chi connectivity index (χ0n) is 12.8. The minimum atomic E-state index is -0.238. The molecule has 1 unspecified atom stereocenters. The van der Waals surface area contributed by atoms with Crippen LogP contribution in [0.25, 0.3) is 0 Å². The predicted octanol–water partition coefficient (Wildman–Crippen LogP) is 3.20. The van der Waals surface area contributed by atoms with Crippen molar-refractivity contribution in [3.8, 4) is 0 Å². The van der Waals surface area contributed by atoms with E-state index in [2.05, 4.69) is 12.1 Å². The van der Waals surface area contributed by atoms with Crippen LogP contribution in [0.5, 0.6) is 0 Å². The van der Waals surface area contributed by atoms with Crippen molar-refractivity contribution in [1.29, 1.82) is 0 Å². The fraction of sp³-hybridized carbons (Fsp3) is 0.278. The zero-order chi connectivity index (χ0) is 15.1. The number of nitrogens with zero attached hydrogens (tertiary/aromatic N) is 1. The number of hydrogen-bond donors (Lipinski definition) is 1. The van der Waals surface area contributed by atoms with Crippen molar-refractivity contribution in [2.45, 2.75) is 18.9 Å². The number of carbonyl (C=O) groups excluding carboxylic acids is 1. The molecule has 1 atom stereocenters. The lowest BCUT2D eigenvalue weighted by atomic mass is 10.0. The molecule has 0 saturated heterocycles. The standard InChI is InChI=1S/C18H22N2O.ClH/c1-20(13-12-15-8-4-2-5-9-15)18(21)14-17(19)16-10-6-3-7-11-16;/h2-11,17H,12-14,19H2,1H3;1H. The molecular weight excluding hydrogens is 296 g/mol. The molecule has 0 spiro atoms. The van der Waals surface area contributed by atoms with Gasteiger partial charge in [-0.15, -0.1) is 12.4 Å². The maximum absolute atomic E-state index is 12.2. The van der Waals surface area contributed by atoms with E-state index in [1.165, 1.54) is 5.56 Å². The van der Waals surface area contributed by atoms with Gasteiger partial charge >= 0.3 is 0 Å². The molecule has 2 N–H and O–H groups in total. The molecule has 0 aliphatic rings. The average molecular weight is 319 g/mol. The molecule has 0 bridgehead atoms. The van der Waals surface area contributed by atoms with Crippen molar-refractivity contribution in [3.05, 3.63) is 71.8 Å². The van der Waals surface area contributed by atoms with Crippen LogP contribution in [-0.2, 0) is 11.2 Å². The van der Waals surface area contributed by atoms with Crippen molar-refractivity contribution in [2.24, 2.45) is 5.73 Å². The number of likely N-dealkylation sites (N-methyl/N-ethyl adjacent to an activating group) is 1. The minimum Gasteiger partial charge on any atom is -0.345 e. The van der Waals surface area contributed by atoms with Crippen LogP contribution < -0.4 is 5.73 Å². The maximum atomic E-state index is 12.2. The molecule has 0 radical (unpaired) electrons. The Morgan fingerprint density at radius 1 is 1.05 bits per heavy atom. The summed E-state index contributed by atoms with van der Waals surface area (Å²) in [5, 5.41) is 0. The third-order valence-electron chi connectivity index (χ3n) is 3.63. The van der Waals surface area contributed by atoms with Gasteiger partial charge in [0.15, 0.2) is 0 Å². The van der Waals surface area contributed by atoms with Crippen molar-refractivity contribution in [2.75, 3.05) is 13.6 Å². The second-order valence-electron chi connectivity index (χ2n) is 5.27. The SMILES string of the molecule is CN(CCc1ccccc1)C(=O)CC(N)c1ccccc1.Cl. The molecule has 0 saturated carbocycles. The first-order valence-corrected chi connectivity index (χ1v) is 7.25. The van der Waals surface area contributed by atoms with E-state index in [0.29, 0.717) is 13.0 Å². The Morgan fingerprint density at radius 2 is 1.59 bits per heavy atom. The normalized spacial score (nSPS) is 11.4. The molecule has 2 aromatic carbocycles. The van der Waals surface area contributed by atoms with E-state index in [1.807, 2.05) is 55.6 Å². The van der Waals surface area contributed by atoms with Gasteiger partial charge in [-0.3, -0.25) is 4.79 Å². The van der Waals surface area contributed by atoms with Gasteiger partial charge in [0.25, 0.3) is 0 Å². The van der Waals surface area contributed by atoms with Gasteiger partial charge in [0.2, 0.25) is 5.91 Å². The Kier molecular flexibility index (Phi) is 7.64. The highest BCUT2D eigenvalue weighted by Crippen LogP contribution is 2.14. The van der Waals surface area contributed by atoms with Crippen molar-refractivity contribution in [1.82, 2.24) is 4.90 Å². The monoisotopic (exact) mass is 318 g/mol. The highest BCUT2D eigenvalue weighted by Gasteiger charge is 2.14. The number of halogens is 1. The topological polar surface area (TPSA) is 46.3 Å². The Hall–Kier alpha value is -1.84. The smallest absolute Gasteiger partial charge is 0.224 e. The molecule has 0 heterocycles. The van der Waals surface area contributed by atoms with Crippen LogP contribution in [0.3, 0.4) is 0 Å². The van der Waals surface area contributed by atoms with E-state index < -0.39 is 0 Å². The zero-order valence-corrected chi connectivity index (χ0v) is 13.6. The van der Waals surface area contributed by atoms with Gasteiger partial charge in [0.05, 0.1) is 0 Å². The van der Waals surface area contributed by atoms with Gasteiger partial charge in [0.1, 0.15) is 0 Å². The fourth-order valence-electron chi connectivity index (χ4n) is 2.23. The lowest BCUT2D eigenvalue weighted by Gasteiger charge is -2.20. The summed E-state index contributed by atoms with van der Waals surface area (Å²) in [5.74, 6) is 0.0854. The van der Waals surface area contributed by atoms with Crippen LogP contribution >= 0.6 is 12.4 Å². The van der Waals surface area contributed by atoms with Crippen molar-refractivity contribution >= 4 is 18.3 Å². The largest absolute Gasteiger partial charge is 0.345 e. The summed E-state index contributed by atoms with van der Waals surface area (Å²) in [5.41, 5.74) is 8.34. The molecule has 3 nitrogen and oxygen atoms in total. The van der Waals surface area contributed by atoms with E-state index in [-0.39, 0.29) is 24.4 Å². The number of nitrogens with two attached hydrogens (primary N) is 1. The second-order valence-corrected chi connectivity index (χ2v) is 5.27. The van der Waals surface area contributed by atoms with Gasteiger partial charge in [-0.05, 0) is 17.5 Å². The van der Waals surface area contributed by atoms with Gasteiger partial charge < -0.3 is 10.6 Å². The summed E-state index contributed by atoms with van der Waals surface area (Å²) in [6.07, 6.45) is 1.21. The van der Waals surface area contributed by atoms with Crippen LogP contribution in [0.15, 0.2) is 60.7 Å². The molecule has 0 fully saturated rings. The Balaban J connectivity index is 0.00000242. The lowest BCUT2D eigenvalue weighted by molar-refractivity contribution is -0.130. The van der Waals surface area contributed by atoms with E-state index in [4.69, 9.17) is 5.73 Å². The number of hydrogen-bond acceptors (Lipinski definition) is 2. The quantitative estimate of drug-likeness (QED) is 0.889. The van der Waals surface area contributed by atoms with E-state index in [1.54, 1.807) is 4.90 Å². The lowest BCUT2D eigenvalue weighted by Crippen LogP contribution is -2.31. The summed E-state index contributed by atoms with van der Waals surface area (Å²) in [6.45, 7) is 0.713. The molecule has 22 heavy (non-hydrogen) atoms.